The summed E-state index contributed by atoms with van der Waals surface area (Å²) in [7, 11) is -3.07. The smallest absolute Gasteiger partial charge is 0.870 e. The molecule has 0 spiro atoms. The Morgan fingerprint density at radius 3 is 2.38 bits per heavy atom. The van der Waals surface area contributed by atoms with Gasteiger partial charge in [0.15, 0.2) is 0 Å². The Bertz CT molecular complexity index is 1710. The molecule has 0 saturated heterocycles. The summed E-state index contributed by atoms with van der Waals surface area (Å²) in [6.45, 7) is 1.74. The largest absolute Gasteiger partial charge is 1.00 e. The number of azo groups is 1. The van der Waals surface area contributed by atoms with Crippen molar-refractivity contribution in [3.05, 3.63) is 81.8 Å². The van der Waals surface area contributed by atoms with E-state index in [4.69, 9.17) is 27.9 Å². The SMILES string of the molecule is CCc1cc(S(=O)(=O)O)cc(Cl)c1N=Nc1c([O-])c(C(=O)Nc2c(Cl)cccc2OC)cc2ccccc12.[Na+]. The number of ether oxygens (including phenoxy) is 1. The molecule has 4 aromatic carbocycles. The summed E-state index contributed by atoms with van der Waals surface area (Å²) >= 11 is 12.5. The van der Waals surface area contributed by atoms with Crippen LogP contribution in [0.1, 0.15) is 22.8 Å². The zero-order chi connectivity index (χ0) is 27.6. The van der Waals surface area contributed by atoms with E-state index in [2.05, 4.69) is 15.5 Å². The average molecular weight is 596 g/mol. The number of anilines is 1. The minimum absolute atomic E-state index is 0. The van der Waals surface area contributed by atoms with Gasteiger partial charge in [-0.2, -0.15) is 13.5 Å². The molecular formula is C26H20Cl2N3NaO6S. The Hall–Kier alpha value is -2.70. The Kier molecular flexibility index (Phi) is 10.0. The molecule has 0 aliphatic rings. The zero-order valence-corrected chi connectivity index (χ0v) is 25.4. The van der Waals surface area contributed by atoms with Crippen molar-refractivity contribution in [3.63, 3.8) is 0 Å². The molecule has 0 heterocycles. The second-order valence-electron chi connectivity index (χ2n) is 8.04. The molecule has 1 amide bonds. The fourth-order valence-electron chi connectivity index (χ4n) is 3.81. The van der Waals surface area contributed by atoms with Gasteiger partial charge in [0.05, 0.1) is 27.7 Å². The van der Waals surface area contributed by atoms with Crippen LogP contribution < -0.4 is 44.7 Å². The van der Waals surface area contributed by atoms with E-state index in [-0.39, 0.29) is 67.1 Å². The molecular weight excluding hydrogens is 576 g/mol. The molecule has 196 valence electrons. The number of halogens is 2. The van der Waals surface area contributed by atoms with Gasteiger partial charge in [0.25, 0.3) is 16.0 Å². The van der Waals surface area contributed by atoms with Crippen molar-refractivity contribution in [2.75, 3.05) is 12.4 Å². The fourth-order valence-corrected chi connectivity index (χ4v) is 4.93. The van der Waals surface area contributed by atoms with E-state index in [9.17, 15) is 22.9 Å². The van der Waals surface area contributed by atoms with Gasteiger partial charge >= 0.3 is 29.6 Å². The first-order valence-electron chi connectivity index (χ1n) is 11.1. The standard InChI is InChI=1S/C26H21Cl2N3O6S.Na/c1-3-14-11-16(38(34,35)36)13-20(28)22(14)30-31-23-17-8-5-4-7-15(17)12-18(25(23)32)26(33)29-24-19(27)9-6-10-21(24)37-2;/h4-13,32H,3H2,1-2H3,(H,29,33)(H,34,35,36);/q;+1/p-1. The van der Waals surface area contributed by atoms with Crippen LogP contribution in [0.2, 0.25) is 10.0 Å². The number of amides is 1. The zero-order valence-electron chi connectivity index (χ0n) is 21.0. The number of para-hydroxylation sites is 1. The van der Waals surface area contributed by atoms with Crippen LogP contribution in [-0.4, -0.2) is 26.0 Å². The number of methoxy groups -OCH3 is 1. The maximum atomic E-state index is 13.5. The summed E-state index contributed by atoms with van der Waals surface area (Å²) in [5, 5.41) is 25.5. The third kappa shape index (κ3) is 6.55. The van der Waals surface area contributed by atoms with Crippen LogP contribution in [0.4, 0.5) is 17.1 Å². The predicted molar refractivity (Wildman–Crippen MR) is 144 cm³/mol. The topological polar surface area (TPSA) is 140 Å². The van der Waals surface area contributed by atoms with Crippen LogP contribution in [0.15, 0.2) is 75.8 Å². The third-order valence-electron chi connectivity index (χ3n) is 5.70. The molecule has 0 atom stereocenters. The number of aryl methyl sites for hydroxylation is 1. The summed E-state index contributed by atoms with van der Waals surface area (Å²) < 4.78 is 37.8. The number of hydrogen-bond acceptors (Lipinski definition) is 7. The van der Waals surface area contributed by atoms with E-state index in [0.717, 1.165) is 6.07 Å². The third-order valence-corrected chi connectivity index (χ3v) is 7.13. The second-order valence-corrected chi connectivity index (χ2v) is 10.3. The first-order chi connectivity index (χ1) is 18.0. The summed E-state index contributed by atoms with van der Waals surface area (Å²) in [5.41, 5.74) is 0.390. The molecule has 39 heavy (non-hydrogen) atoms. The number of nitrogens with zero attached hydrogens (tertiary/aromatic N) is 2. The van der Waals surface area contributed by atoms with Crippen molar-refractivity contribution in [2.24, 2.45) is 10.2 Å². The van der Waals surface area contributed by atoms with Crippen LogP contribution in [0.3, 0.4) is 0 Å². The van der Waals surface area contributed by atoms with Crippen LogP contribution >= 0.6 is 23.2 Å². The van der Waals surface area contributed by atoms with Crippen molar-refractivity contribution < 1.29 is 57.2 Å². The second kappa shape index (κ2) is 12.6. The van der Waals surface area contributed by atoms with Gasteiger partial charge in [-0.05, 0) is 47.7 Å². The van der Waals surface area contributed by atoms with Gasteiger partial charge in [0.1, 0.15) is 17.1 Å². The Labute approximate surface area is 256 Å². The summed E-state index contributed by atoms with van der Waals surface area (Å²) in [6.07, 6.45) is 0.310. The first-order valence-corrected chi connectivity index (χ1v) is 13.3. The molecule has 0 aromatic heterocycles. The van der Waals surface area contributed by atoms with E-state index in [1.54, 1.807) is 49.4 Å². The molecule has 4 rings (SSSR count). The number of carbonyl (C=O) groups excluding carboxylic acids is 1. The summed E-state index contributed by atoms with van der Waals surface area (Å²) in [4.78, 5) is 12.8. The minimum Gasteiger partial charge on any atom is -0.870 e. The average Bonchev–Trinajstić information content (AvgIpc) is 2.88. The molecule has 0 bridgehead atoms. The monoisotopic (exact) mass is 595 g/mol. The molecule has 0 fully saturated rings. The number of hydrogen-bond donors (Lipinski definition) is 2. The molecule has 0 saturated carbocycles. The summed E-state index contributed by atoms with van der Waals surface area (Å²) in [5.74, 6) is -1.11. The van der Waals surface area contributed by atoms with Gasteiger partial charge in [0.2, 0.25) is 0 Å². The van der Waals surface area contributed by atoms with Crippen molar-refractivity contribution >= 4 is 67.1 Å². The molecule has 2 N–H and O–H groups in total. The van der Waals surface area contributed by atoms with E-state index in [1.165, 1.54) is 19.2 Å². The quantitative estimate of drug-likeness (QED) is 0.189. The van der Waals surface area contributed by atoms with Gasteiger partial charge in [0, 0.05) is 10.9 Å². The van der Waals surface area contributed by atoms with Crippen LogP contribution in [0.5, 0.6) is 11.5 Å². The maximum absolute atomic E-state index is 13.5. The van der Waals surface area contributed by atoms with Crippen molar-refractivity contribution in [1.82, 2.24) is 0 Å². The van der Waals surface area contributed by atoms with Crippen molar-refractivity contribution in [1.29, 1.82) is 0 Å². The number of benzene rings is 4. The van der Waals surface area contributed by atoms with Gasteiger partial charge in [-0.3, -0.25) is 9.35 Å². The van der Waals surface area contributed by atoms with Gasteiger partial charge in [-0.25, -0.2) is 0 Å². The van der Waals surface area contributed by atoms with E-state index in [0.29, 0.717) is 28.5 Å². The molecule has 0 aliphatic carbocycles. The van der Waals surface area contributed by atoms with Crippen molar-refractivity contribution in [2.45, 2.75) is 18.2 Å². The predicted octanol–water partition coefficient (Wildman–Crippen LogP) is 3.71. The van der Waals surface area contributed by atoms with Gasteiger partial charge < -0.3 is 15.2 Å². The Balaban J connectivity index is 0.00000420. The Morgan fingerprint density at radius 2 is 1.72 bits per heavy atom. The van der Waals surface area contributed by atoms with E-state index < -0.39 is 21.8 Å². The molecule has 0 radical (unpaired) electrons. The first kappa shape index (κ1) is 30.8. The van der Waals surface area contributed by atoms with Crippen LogP contribution in [0, 0.1) is 0 Å². The van der Waals surface area contributed by atoms with Gasteiger partial charge in [-0.15, -0.1) is 5.11 Å². The summed E-state index contributed by atoms with van der Waals surface area (Å²) in [6, 6.07) is 15.4. The molecule has 0 aliphatic heterocycles. The molecule has 9 nitrogen and oxygen atoms in total. The maximum Gasteiger partial charge on any atom is 1.00 e. The normalized spacial score (nSPS) is 11.4. The number of nitrogens with one attached hydrogen (secondary N) is 1. The number of fused-ring (bicyclic) bond motifs is 1. The Morgan fingerprint density at radius 1 is 1.03 bits per heavy atom. The van der Waals surface area contributed by atoms with E-state index >= 15 is 0 Å². The minimum atomic E-state index is -4.50. The molecule has 4 aromatic rings. The van der Waals surface area contributed by atoms with E-state index in [1.807, 2.05) is 0 Å². The molecule has 13 heteroatoms. The van der Waals surface area contributed by atoms with Gasteiger partial charge in [-0.1, -0.05) is 66.2 Å². The fraction of sp³-hybridized carbons (Fsp3) is 0.115. The van der Waals surface area contributed by atoms with Crippen molar-refractivity contribution in [3.8, 4) is 11.5 Å². The van der Waals surface area contributed by atoms with Crippen LogP contribution in [0.25, 0.3) is 10.8 Å². The molecule has 0 unspecified atom stereocenters. The number of rotatable bonds is 7. The number of carbonyl (C=O) groups is 1. The van der Waals surface area contributed by atoms with Crippen LogP contribution in [-0.2, 0) is 16.5 Å².